The van der Waals surface area contributed by atoms with E-state index in [0.717, 1.165) is 30.0 Å². The molecule has 1 aliphatic heterocycles. The second kappa shape index (κ2) is 8.63. The van der Waals surface area contributed by atoms with Crippen LogP contribution in [0.1, 0.15) is 30.4 Å². The minimum Gasteiger partial charge on any atom is -0.457 e. The Balaban J connectivity index is 1.49. The summed E-state index contributed by atoms with van der Waals surface area (Å²) < 4.78 is 5.83. The van der Waals surface area contributed by atoms with Gasteiger partial charge in [-0.1, -0.05) is 18.2 Å². The lowest BCUT2D eigenvalue weighted by molar-refractivity contribution is 0.432. The number of nitrogens with one attached hydrogen (secondary N) is 3. The van der Waals surface area contributed by atoms with E-state index in [1.165, 1.54) is 19.2 Å². The highest BCUT2D eigenvalue weighted by atomic mass is 16.5. The fourth-order valence-corrected chi connectivity index (χ4v) is 3.24. The molecule has 142 valence electrons. The van der Waals surface area contributed by atoms with Crippen LogP contribution in [0.15, 0.2) is 67.1 Å². The molecule has 1 aliphatic rings. The van der Waals surface area contributed by atoms with E-state index < -0.39 is 0 Å². The molecule has 0 aliphatic carbocycles. The van der Waals surface area contributed by atoms with Crippen LogP contribution in [0.5, 0.6) is 11.5 Å². The average molecular weight is 373 g/mol. The molecule has 6 nitrogen and oxygen atoms in total. The lowest BCUT2D eigenvalue weighted by Crippen LogP contribution is -2.40. The van der Waals surface area contributed by atoms with Crippen LogP contribution in [0.4, 0.5) is 5.82 Å². The third kappa shape index (κ3) is 4.35. The molecule has 3 N–H and O–H groups in total. The van der Waals surface area contributed by atoms with Gasteiger partial charge in [0.25, 0.3) is 0 Å². The smallest absolute Gasteiger partial charge is 0.140 e. The lowest BCUT2D eigenvalue weighted by atomic mass is 10.0. The van der Waals surface area contributed by atoms with Gasteiger partial charge in [-0.25, -0.2) is 9.97 Å². The Morgan fingerprint density at radius 1 is 1.04 bits per heavy atom. The lowest BCUT2D eigenvalue weighted by Gasteiger charge is -2.25. The maximum Gasteiger partial charge on any atom is 0.140 e. The number of nitrogens with zero attached hydrogens (tertiary/aromatic N) is 2. The summed E-state index contributed by atoms with van der Waals surface area (Å²) >= 11 is 0. The molecule has 2 heterocycles. The van der Waals surface area contributed by atoms with Crippen LogP contribution >= 0.6 is 0 Å². The number of hydrogen-bond acceptors (Lipinski definition) is 6. The Hall–Kier alpha value is -3.25. The first-order valence-corrected chi connectivity index (χ1v) is 9.52. The molecule has 0 radical (unpaired) electrons. The number of anilines is 1. The van der Waals surface area contributed by atoms with Crippen LogP contribution in [-0.2, 0) is 0 Å². The molecule has 1 unspecified atom stereocenters. The van der Waals surface area contributed by atoms with Crippen molar-refractivity contribution >= 4 is 11.5 Å². The first-order chi connectivity index (χ1) is 13.8. The van der Waals surface area contributed by atoms with Crippen LogP contribution in [0.3, 0.4) is 0 Å². The molecule has 0 saturated carbocycles. The monoisotopic (exact) mass is 373 g/mol. The molecule has 1 saturated heterocycles. The normalized spacial score (nSPS) is 16.4. The highest BCUT2D eigenvalue weighted by molar-refractivity contribution is 6.13. The van der Waals surface area contributed by atoms with Crippen molar-refractivity contribution in [2.24, 2.45) is 0 Å². The van der Waals surface area contributed by atoms with Gasteiger partial charge in [-0.3, -0.25) is 10.7 Å². The molecule has 28 heavy (non-hydrogen) atoms. The first-order valence-electron chi connectivity index (χ1n) is 9.52. The number of piperidine rings is 1. The zero-order valence-corrected chi connectivity index (χ0v) is 15.6. The van der Waals surface area contributed by atoms with E-state index in [1.54, 1.807) is 6.20 Å². The Labute approximate surface area is 164 Å². The standard InChI is InChI=1S/C22H23N5O/c23-21(16-9-11-18(12-10-16)28-17-6-2-1-3-7-17)19-14-24-15-26-22(19)27-20-8-4-5-13-25-20/h1-3,6-7,9-12,14-15,20,23,25H,4-5,8,13H2,(H,24,26,27). The second-order valence-electron chi connectivity index (χ2n) is 6.75. The number of benzene rings is 2. The summed E-state index contributed by atoms with van der Waals surface area (Å²) in [5.74, 6) is 2.20. The molecule has 1 atom stereocenters. The fourth-order valence-electron chi connectivity index (χ4n) is 3.24. The molecule has 1 fully saturated rings. The quantitative estimate of drug-likeness (QED) is 0.564. The summed E-state index contributed by atoms with van der Waals surface area (Å²) in [5, 5.41) is 15.5. The molecule has 1 aromatic heterocycles. The van der Waals surface area contributed by atoms with Crippen molar-refractivity contribution in [3.8, 4) is 11.5 Å². The fraction of sp³-hybridized carbons (Fsp3) is 0.227. The van der Waals surface area contributed by atoms with Gasteiger partial charge in [0.15, 0.2) is 0 Å². The Morgan fingerprint density at radius 2 is 1.82 bits per heavy atom. The van der Waals surface area contributed by atoms with E-state index in [1.807, 2.05) is 54.6 Å². The number of para-hydroxylation sites is 1. The van der Waals surface area contributed by atoms with E-state index in [0.29, 0.717) is 17.1 Å². The third-order valence-electron chi connectivity index (χ3n) is 4.72. The minimum atomic E-state index is 0.178. The maximum absolute atomic E-state index is 8.64. The highest BCUT2D eigenvalue weighted by Crippen LogP contribution is 2.23. The van der Waals surface area contributed by atoms with Crippen molar-refractivity contribution in [2.45, 2.75) is 25.4 Å². The summed E-state index contributed by atoms with van der Waals surface area (Å²) in [6.45, 7) is 0.998. The molecule has 6 heteroatoms. The Kier molecular flexibility index (Phi) is 5.58. The zero-order valence-electron chi connectivity index (χ0n) is 15.6. The van der Waals surface area contributed by atoms with Gasteiger partial charge >= 0.3 is 0 Å². The number of ether oxygens (including phenoxy) is 1. The minimum absolute atomic E-state index is 0.178. The van der Waals surface area contributed by atoms with E-state index in [9.17, 15) is 0 Å². The van der Waals surface area contributed by atoms with Gasteiger partial charge in [-0.15, -0.1) is 0 Å². The summed E-state index contributed by atoms with van der Waals surface area (Å²) in [4.78, 5) is 8.49. The highest BCUT2D eigenvalue weighted by Gasteiger charge is 2.17. The summed E-state index contributed by atoms with van der Waals surface area (Å²) in [6, 6.07) is 17.2. The van der Waals surface area contributed by atoms with Crippen molar-refractivity contribution < 1.29 is 4.74 Å². The van der Waals surface area contributed by atoms with Crippen LogP contribution in [0, 0.1) is 5.41 Å². The third-order valence-corrected chi connectivity index (χ3v) is 4.72. The van der Waals surface area contributed by atoms with Gasteiger partial charge in [-0.05, 0) is 62.2 Å². The van der Waals surface area contributed by atoms with Crippen molar-refractivity contribution in [2.75, 3.05) is 11.9 Å². The van der Waals surface area contributed by atoms with E-state index in [4.69, 9.17) is 10.1 Å². The Morgan fingerprint density at radius 3 is 2.57 bits per heavy atom. The molecular formula is C22H23N5O. The van der Waals surface area contributed by atoms with E-state index in [2.05, 4.69) is 20.6 Å². The SMILES string of the molecule is N=C(c1ccc(Oc2ccccc2)cc1)c1cncnc1NC1CCCCN1. The molecule has 3 aromatic rings. The van der Waals surface area contributed by atoms with Crippen LogP contribution in [0.25, 0.3) is 0 Å². The summed E-state index contributed by atoms with van der Waals surface area (Å²) in [5.41, 5.74) is 1.85. The van der Waals surface area contributed by atoms with E-state index in [-0.39, 0.29) is 6.17 Å². The van der Waals surface area contributed by atoms with Crippen LogP contribution in [0.2, 0.25) is 0 Å². The van der Waals surface area contributed by atoms with Gasteiger partial charge in [0.2, 0.25) is 0 Å². The number of rotatable bonds is 6. The number of hydrogen-bond donors (Lipinski definition) is 3. The zero-order chi connectivity index (χ0) is 19.2. The second-order valence-corrected chi connectivity index (χ2v) is 6.75. The molecular weight excluding hydrogens is 350 g/mol. The topological polar surface area (TPSA) is 82.9 Å². The summed E-state index contributed by atoms with van der Waals surface area (Å²) in [6.07, 6.45) is 6.81. The van der Waals surface area contributed by atoms with Crippen molar-refractivity contribution in [3.63, 3.8) is 0 Å². The molecule has 0 amide bonds. The van der Waals surface area contributed by atoms with Gasteiger partial charge in [0.1, 0.15) is 23.6 Å². The van der Waals surface area contributed by atoms with Crippen LogP contribution < -0.4 is 15.4 Å². The first kappa shape index (κ1) is 18.1. The predicted octanol–water partition coefficient (Wildman–Crippen LogP) is 4.20. The van der Waals surface area contributed by atoms with E-state index >= 15 is 0 Å². The maximum atomic E-state index is 8.64. The van der Waals surface area contributed by atoms with Crippen molar-refractivity contribution in [1.82, 2.24) is 15.3 Å². The molecule has 4 rings (SSSR count). The van der Waals surface area contributed by atoms with Gasteiger partial charge in [-0.2, -0.15) is 0 Å². The van der Waals surface area contributed by atoms with Gasteiger partial charge in [0, 0.05) is 11.8 Å². The van der Waals surface area contributed by atoms with Crippen LogP contribution in [-0.4, -0.2) is 28.4 Å². The van der Waals surface area contributed by atoms with Crippen molar-refractivity contribution in [3.05, 3.63) is 78.2 Å². The molecule has 0 spiro atoms. The molecule has 2 aromatic carbocycles. The van der Waals surface area contributed by atoms with Gasteiger partial charge in [0.05, 0.1) is 17.4 Å². The summed E-state index contributed by atoms with van der Waals surface area (Å²) in [7, 11) is 0. The Bertz CT molecular complexity index is 921. The molecule has 0 bridgehead atoms. The number of aromatic nitrogens is 2. The largest absolute Gasteiger partial charge is 0.457 e. The van der Waals surface area contributed by atoms with Gasteiger partial charge < -0.3 is 10.1 Å². The van der Waals surface area contributed by atoms with Crippen molar-refractivity contribution in [1.29, 1.82) is 5.41 Å². The average Bonchev–Trinajstić information content (AvgIpc) is 2.76. The predicted molar refractivity (Wildman–Crippen MR) is 110 cm³/mol.